The van der Waals surface area contributed by atoms with Crippen LogP contribution < -0.4 is 0 Å². The number of amides is 2. The zero-order valence-electron chi connectivity index (χ0n) is 21.3. The predicted octanol–water partition coefficient (Wildman–Crippen LogP) is 6.94. The first-order valence-corrected chi connectivity index (χ1v) is 14.0. The summed E-state index contributed by atoms with van der Waals surface area (Å²) in [7, 11) is 0. The van der Waals surface area contributed by atoms with Crippen molar-refractivity contribution in [3.05, 3.63) is 57.6 Å². The van der Waals surface area contributed by atoms with Crippen LogP contribution in [0.4, 0.5) is 13.2 Å². The Kier molecular flexibility index (Phi) is 7.72. The van der Waals surface area contributed by atoms with Crippen LogP contribution in [-0.2, 0) is 16.1 Å². The molecule has 2 amide bonds. The van der Waals surface area contributed by atoms with Gasteiger partial charge in [0.2, 0.25) is 5.91 Å². The molecule has 10 heteroatoms. The van der Waals surface area contributed by atoms with Crippen LogP contribution in [0, 0.1) is 11.3 Å². The second kappa shape index (κ2) is 10.8. The number of alkyl halides is 3. The second-order valence-corrected chi connectivity index (χ2v) is 11.7. The van der Waals surface area contributed by atoms with E-state index in [1.807, 2.05) is 0 Å². The first kappa shape index (κ1) is 28.0. The fraction of sp³-hybridized carbons (Fsp3) is 0.483. The highest BCUT2D eigenvalue weighted by molar-refractivity contribution is 6.36. The van der Waals surface area contributed by atoms with Crippen LogP contribution in [0.5, 0.6) is 0 Å². The number of Topliss-reactive ketones (excluding diaryl/α,β-unsaturated/α-hetero) is 1. The molecule has 2 aromatic rings. The smallest absolute Gasteiger partial charge is 0.339 e. The quantitative estimate of drug-likeness (QED) is 0.393. The van der Waals surface area contributed by atoms with E-state index in [1.54, 1.807) is 41.3 Å². The number of benzene rings is 2. The molecular weight excluding hydrogens is 552 g/mol. The van der Waals surface area contributed by atoms with Crippen LogP contribution in [0.1, 0.15) is 60.9 Å². The minimum Gasteiger partial charge on any atom is -0.339 e. The molecule has 208 valence electrons. The summed E-state index contributed by atoms with van der Waals surface area (Å²) in [6.07, 6.45) is -1.54. The summed E-state index contributed by atoms with van der Waals surface area (Å²) in [6, 6.07) is 10.4. The number of piperidine rings is 1. The summed E-state index contributed by atoms with van der Waals surface area (Å²) >= 11 is 13.3. The number of halogens is 5. The molecule has 0 atom stereocenters. The minimum atomic E-state index is -4.22. The van der Waals surface area contributed by atoms with Crippen molar-refractivity contribution >= 4 is 40.8 Å². The van der Waals surface area contributed by atoms with Gasteiger partial charge in [0.1, 0.15) is 5.78 Å². The van der Waals surface area contributed by atoms with E-state index < -0.39 is 17.5 Å². The first-order valence-electron chi connectivity index (χ1n) is 13.2. The normalized spacial score (nSPS) is 20.2. The molecule has 1 aliphatic carbocycles. The number of rotatable bonds is 4. The Bertz CT molecular complexity index is 1250. The van der Waals surface area contributed by atoms with Crippen molar-refractivity contribution in [1.82, 2.24) is 9.80 Å². The number of carbonyl (C=O) groups excluding carboxylic acids is 3. The number of ketones is 1. The maximum atomic E-state index is 13.2. The third kappa shape index (κ3) is 5.68. The molecule has 1 saturated carbocycles. The fourth-order valence-corrected chi connectivity index (χ4v) is 6.63. The Labute approximate surface area is 235 Å². The summed E-state index contributed by atoms with van der Waals surface area (Å²) in [4.78, 5) is 41.0. The lowest BCUT2D eigenvalue weighted by Gasteiger charge is -2.33. The van der Waals surface area contributed by atoms with Gasteiger partial charge in [0.25, 0.3) is 5.91 Å². The largest absolute Gasteiger partial charge is 0.391 e. The molecule has 3 aliphatic rings. The molecular formula is C29H29Cl2F3N2O3. The third-order valence-electron chi connectivity index (χ3n) is 8.57. The van der Waals surface area contributed by atoms with E-state index in [-0.39, 0.29) is 43.5 Å². The van der Waals surface area contributed by atoms with E-state index in [0.29, 0.717) is 59.9 Å². The molecule has 0 bridgehead atoms. The summed E-state index contributed by atoms with van der Waals surface area (Å²) in [6.45, 7) is 1.06. The van der Waals surface area contributed by atoms with Gasteiger partial charge in [0.15, 0.2) is 0 Å². The van der Waals surface area contributed by atoms with Crippen molar-refractivity contribution in [3.63, 3.8) is 0 Å². The lowest BCUT2D eigenvalue weighted by atomic mass is 9.72. The van der Waals surface area contributed by atoms with E-state index in [4.69, 9.17) is 23.2 Å². The molecule has 2 aliphatic heterocycles. The molecule has 2 saturated heterocycles. The highest BCUT2D eigenvalue weighted by atomic mass is 35.5. The van der Waals surface area contributed by atoms with Crippen molar-refractivity contribution in [2.75, 3.05) is 19.6 Å². The van der Waals surface area contributed by atoms with Crippen molar-refractivity contribution in [2.24, 2.45) is 11.3 Å². The van der Waals surface area contributed by atoms with Gasteiger partial charge in [-0.1, -0.05) is 35.3 Å². The summed E-state index contributed by atoms with van der Waals surface area (Å²) in [5, 5.41) is 0.857. The zero-order valence-corrected chi connectivity index (χ0v) is 22.8. The molecule has 0 N–H and O–H groups in total. The minimum absolute atomic E-state index is 0.0640. The highest BCUT2D eigenvalue weighted by Crippen LogP contribution is 2.45. The van der Waals surface area contributed by atoms with Crippen molar-refractivity contribution in [2.45, 2.75) is 57.7 Å². The molecule has 2 heterocycles. The molecule has 0 aromatic heterocycles. The topological polar surface area (TPSA) is 57.7 Å². The number of hydrogen-bond acceptors (Lipinski definition) is 3. The first-order chi connectivity index (χ1) is 18.5. The van der Waals surface area contributed by atoms with E-state index >= 15 is 0 Å². The average molecular weight is 581 g/mol. The van der Waals surface area contributed by atoms with Gasteiger partial charge in [-0.3, -0.25) is 14.4 Å². The average Bonchev–Trinajstić information content (AvgIpc) is 3.21. The Morgan fingerprint density at radius 3 is 2.05 bits per heavy atom. The van der Waals surface area contributed by atoms with Crippen LogP contribution in [0.15, 0.2) is 36.4 Å². The van der Waals surface area contributed by atoms with Crippen LogP contribution >= 0.6 is 23.2 Å². The summed E-state index contributed by atoms with van der Waals surface area (Å²) in [5.41, 5.74) is 2.15. The van der Waals surface area contributed by atoms with Gasteiger partial charge in [0, 0.05) is 60.2 Å². The van der Waals surface area contributed by atoms with Gasteiger partial charge in [-0.2, -0.15) is 13.2 Å². The van der Waals surface area contributed by atoms with Gasteiger partial charge in [-0.15, -0.1) is 0 Å². The van der Waals surface area contributed by atoms with Crippen molar-refractivity contribution in [1.29, 1.82) is 0 Å². The standard InChI is InChI=1S/C29H29Cl2F3N2O3/c30-24-15-20(16-25(31)23(24)17-36-14-11-28(27(36)39)9-5-22(37)6-10-28)18-1-3-19(4-2-18)26(38)35-12-7-21(8-13-35)29(32,33)34/h1-4,15-16,21H,5-14,17H2. The molecule has 1 spiro atoms. The third-order valence-corrected chi connectivity index (χ3v) is 9.24. The number of carbonyl (C=O) groups is 3. The van der Waals surface area contributed by atoms with E-state index in [2.05, 4.69) is 0 Å². The van der Waals surface area contributed by atoms with E-state index in [1.165, 1.54) is 4.90 Å². The molecule has 3 fully saturated rings. The Balaban J connectivity index is 1.25. The van der Waals surface area contributed by atoms with Gasteiger partial charge in [-0.25, -0.2) is 0 Å². The van der Waals surface area contributed by atoms with Gasteiger partial charge in [0.05, 0.1) is 11.3 Å². The lowest BCUT2D eigenvalue weighted by molar-refractivity contribution is -0.183. The highest BCUT2D eigenvalue weighted by Gasteiger charge is 2.48. The Morgan fingerprint density at radius 1 is 0.897 bits per heavy atom. The molecule has 5 rings (SSSR count). The van der Waals surface area contributed by atoms with Gasteiger partial charge in [-0.05, 0) is 67.5 Å². The second-order valence-electron chi connectivity index (χ2n) is 10.9. The van der Waals surface area contributed by atoms with Crippen LogP contribution in [0.2, 0.25) is 10.0 Å². The zero-order chi connectivity index (χ0) is 27.9. The number of likely N-dealkylation sites (tertiary alicyclic amines) is 2. The SMILES string of the molecule is O=C1CCC2(CC1)CCN(Cc1c(Cl)cc(-c3ccc(C(=O)N4CCC(C(F)(F)F)CC4)cc3)cc1Cl)C2=O. The molecule has 5 nitrogen and oxygen atoms in total. The lowest BCUT2D eigenvalue weighted by Crippen LogP contribution is -2.42. The van der Waals surface area contributed by atoms with Gasteiger partial charge < -0.3 is 9.80 Å². The summed E-state index contributed by atoms with van der Waals surface area (Å²) in [5.74, 6) is -1.36. The molecule has 39 heavy (non-hydrogen) atoms. The molecule has 2 aromatic carbocycles. The van der Waals surface area contributed by atoms with Crippen LogP contribution in [0.25, 0.3) is 11.1 Å². The fourth-order valence-electron chi connectivity index (χ4n) is 6.02. The van der Waals surface area contributed by atoms with Crippen molar-refractivity contribution in [3.8, 4) is 11.1 Å². The van der Waals surface area contributed by atoms with Crippen LogP contribution in [0.3, 0.4) is 0 Å². The molecule has 0 radical (unpaired) electrons. The maximum Gasteiger partial charge on any atom is 0.391 e. The monoisotopic (exact) mass is 580 g/mol. The van der Waals surface area contributed by atoms with E-state index in [0.717, 1.165) is 17.5 Å². The summed E-state index contributed by atoms with van der Waals surface area (Å²) < 4.78 is 38.8. The van der Waals surface area contributed by atoms with Gasteiger partial charge >= 0.3 is 6.18 Å². The number of nitrogens with zero attached hydrogens (tertiary/aromatic N) is 2. The Hall–Kier alpha value is -2.58. The maximum absolute atomic E-state index is 13.2. The van der Waals surface area contributed by atoms with Crippen molar-refractivity contribution < 1.29 is 27.6 Å². The van der Waals surface area contributed by atoms with Crippen LogP contribution in [-0.4, -0.2) is 53.2 Å². The molecule has 0 unspecified atom stereocenters. The predicted molar refractivity (Wildman–Crippen MR) is 143 cm³/mol. The van der Waals surface area contributed by atoms with E-state index in [9.17, 15) is 27.6 Å². The number of hydrogen-bond donors (Lipinski definition) is 0. The Morgan fingerprint density at radius 2 is 1.49 bits per heavy atom.